The van der Waals surface area contributed by atoms with Crippen LogP contribution >= 0.6 is 23.4 Å². The van der Waals surface area contributed by atoms with Crippen LogP contribution in [-0.4, -0.2) is 46.8 Å². The fourth-order valence-corrected chi connectivity index (χ4v) is 3.44. The number of hydrogen-bond acceptors (Lipinski definition) is 4. The Kier molecular flexibility index (Phi) is 6.63. The van der Waals surface area contributed by atoms with Gasteiger partial charge in [-0.1, -0.05) is 29.8 Å². The van der Waals surface area contributed by atoms with Gasteiger partial charge in [0.25, 0.3) is 0 Å². The van der Waals surface area contributed by atoms with E-state index in [1.54, 1.807) is 35.8 Å². The molecule has 142 valence electrons. The maximum Gasteiger partial charge on any atom is 0.242 e. The van der Waals surface area contributed by atoms with E-state index in [1.165, 1.54) is 0 Å². The van der Waals surface area contributed by atoms with Crippen molar-refractivity contribution in [1.82, 2.24) is 14.5 Å². The Labute approximate surface area is 168 Å². The SMILES string of the molecule is CSCc1nc2ccccc2n1CC(=O)N(C)CCOc1cccc(Cl)c1. The van der Waals surface area contributed by atoms with E-state index in [2.05, 4.69) is 4.98 Å². The Bertz CT molecular complexity index is 928. The molecule has 0 aliphatic heterocycles. The minimum absolute atomic E-state index is 0.0233. The third-order valence-electron chi connectivity index (χ3n) is 4.22. The third kappa shape index (κ3) is 4.96. The highest BCUT2D eigenvalue weighted by Gasteiger charge is 2.16. The van der Waals surface area contributed by atoms with E-state index in [0.717, 1.165) is 22.6 Å². The smallest absolute Gasteiger partial charge is 0.242 e. The summed E-state index contributed by atoms with van der Waals surface area (Å²) in [6.07, 6.45) is 2.03. The molecule has 1 aromatic heterocycles. The van der Waals surface area contributed by atoms with E-state index < -0.39 is 0 Å². The number of carbonyl (C=O) groups excluding carboxylic acids is 1. The van der Waals surface area contributed by atoms with Gasteiger partial charge in [0, 0.05) is 12.1 Å². The lowest BCUT2D eigenvalue weighted by Gasteiger charge is -2.19. The van der Waals surface area contributed by atoms with Crippen molar-refractivity contribution in [1.29, 1.82) is 0 Å². The van der Waals surface area contributed by atoms with Crippen LogP contribution in [0.25, 0.3) is 11.0 Å². The quantitative estimate of drug-likeness (QED) is 0.568. The summed E-state index contributed by atoms with van der Waals surface area (Å²) in [4.78, 5) is 19.0. The lowest BCUT2D eigenvalue weighted by atomic mass is 10.3. The van der Waals surface area contributed by atoms with Gasteiger partial charge in [0.2, 0.25) is 5.91 Å². The molecule has 0 aliphatic carbocycles. The van der Waals surface area contributed by atoms with E-state index in [4.69, 9.17) is 16.3 Å². The predicted molar refractivity (Wildman–Crippen MR) is 112 cm³/mol. The van der Waals surface area contributed by atoms with Crippen molar-refractivity contribution in [2.75, 3.05) is 26.5 Å². The van der Waals surface area contributed by atoms with E-state index in [1.807, 2.05) is 47.2 Å². The number of thioether (sulfide) groups is 1. The highest BCUT2D eigenvalue weighted by molar-refractivity contribution is 7.97. The van der Waals surface area contributed by atoms with Gasteiger partial charge in [0.15, 0.2) is 0 Å². The average molecular weight is 404 g/mol. The van der Waals surface area contributed by atoms with Crippen LogP contribution in [0, 0.1) is 0 Å². The molecule has 0 atom stereocenters. The largest absolute Gasteiger partial charge is 0.492 e. The van der Waals surface area contributed by atoms with Gasteiger partial charge in [-0.05, 0) is 36.6 Å². The first kappa shape index (κ1) is 19.6. The number of imidazole rings is 1. The molecule has 1 heterocycles. The zero-order valence-corrected chi connectivity index (χ0v) is 17.0. The first-order valence-electron chi connectivity index (χ1n) is 8.64. The summed E-state index contributed by atoms with van der Waals surface area (Å²) in [7, 11) is 1.79. The van der Waals surface area contributed by atoms with Crippen molar-refractivity contribution >= 4 is 40.3 Å². The monoisotopic (exact) mass is 403 g/mol. The molecule has 27 heavy (non-hydrogen) atoms. The zero-order valence-electron chi connectivity index (χ0n) is 15.4. The van der Waals surface area contributed by atoms with Gasteiger partial charge in [0.1, 0.15) is 24.7 Å². The van der Waals surface area contributed by atoms with E-state index in [-0.39, 0.29) is 12.5 Å². The fraction of sp³-hybridized carbons (Fsp3) is 0.300. The minimum atomic E-state index is 0.0233. The number of carbonyl (C=O) groups is 1. The van der Waals surface area contributed by atoms with Gasteiger partial charge >= 0.3 is 0 Å². The molecule has 0 aliphatic rings. The summed E-state index contributed by atoms with van der Waals surface area (Å²) in [5, 5.41) is 0.630. The Hall–Kier alpha value is -2.18. The van der Waals surface area contributed by atoms with Crippen LogP contribution in [0.5, 0.6) is 5.75 Å². The molecule has 7 heteroatoms. The van der Waals surface area contributed by atoms with Crippen LogP contribution in [0.4, 0.5) is 0 Å². The van der Waals surface area contributed by atoms with Crippen LogP contribution in [0.1, 0.15) is 5.82 Å². The molecule has 3 rings (SSSR count). The maximum absolute atomic E-state index is 12.7. The number of likely N-dealkylation sites (N-methyl/N-ethyl adjacent to an activating group) is 1. The average Bonchev–Trinajstić information content (AvgIpc) is 2.99. The molecule has 0 fully saturated rings. The lowest BCUT2D eigenvalue weighted by molar-refractivity contribution is -0.130. The molecule has 0 saturated heterocycles. The summed E-state index contributed by atoms with van der Waals surface area (Å²) < 4.78 is 7.68. The second kappa shape index (κ2) is 9.15. The number of aromatic nitrogens is 2. The summed E-state index contributed by atoms with van der Waals surface area (Å²) in [5.74, 6) is 2.41. The van der Waals surface area contributed by atoms with Crippen molar-refractivity contribution in [3.63, 3.8) is 0 Å². The highest BCUT2D eigenvalue weighted by atomic mass is 35.5. The van der Waals surface area contributed by atoms with Crippen LogP contribution < -0.4 is 4.74 Å². The zero-order chi connectivity index (χ0) is 19.2. The molecule has 0 bridgehead atoms. The number of ether oxygens (including phenoxy) is 1. The number of rotatable bonds is 8. The molecule has 1 amide bonds. The molecule has 0 saturated carbocycles. The summed E-state index contributed by atoms with van der Waals surface area (Å²) in [6, 6.07) is 15.1. The topological polar surface area (TPSA) is 47.4 Å². The second-order valence-corrected chi connectivity index (χ2v) is 7.46. The normalized spacial score (nSPS) is 10.9. The number of hydrogen-bond donors (Lipinski definition) is 0. The van der Waals surface area contributed by atoms with Crippen molar-refractivity contribution in [2.45, 2.75) is 12.3 Å². The van der Waals surface area contributed by atoms with Gasteiger partial charge in [-0.2, -0.15) is 11.8 Å². The molecular formula is C20H22ClN3O2S. The Balaban J connectivity index is 1.62. The van der Waals surface area contributed by atoms with Crippen molar-refractivity contribution in [3.8, 4) is 5.75 Å². The lowest BCUT2D eigenvalue weighted by Crippen LogP contribution is -2.33. The molecule has 0 N–H and O–H groups in total. The van der Waals surface area contributed by atoms with E-state index >= 15 is 0 Å². The van der Waals surface area contributed by atoms with Crippen molar-refractivity contribution < 1.29 is 9.53 Å². The summed E-state index contributed by atoms with van der Waals surface area (Å²) >= 11 is 7.64. The van der Waals surface area contributed by atoms with Gasteiger partial charge in [-0.15, -0.1) is 0 Å². The Morgan fingerprint density at radius 3 is 2.85 bits per heavy atom. The molecule has 0 unspecified atom stereocenters. The molecule has 0 spiro atoms. The molecule has 2 aromatic carbocycles. The Morgan fingerprint density at radius 2 is 2.07 bits per heavy atom. The highest BCUT2D eigenvalue weighted by Crippen LogP contribution is 2.19. The van der Waals surface area contributed by atoms with Crippen LogP contribution in [0.2, 0.25) is 5.02 Å². The van der Waals surface area contributed by atoms with Crippen LogP contribution in [0.15, 0.2) is 48.5 Å². The first-order chi connectivity index (χ1) is 13.1. The third-order valence-corrected chi connectivity index (χ3v) is 5.00. The fourth-order valence-electron chi connectivity index (χ4n) is 2.78. The molecule has 3 aromatic rings. The molecule has 5 nitrogen and oxygen atoms in total. The second-order valence-electron chi connectivity index (χ2n) is 6.16. The summed E-state index contributed by atoms with van der Waals surface area (Å²) in [5.41, 5.74) is 1.90. The van der Waals surface area contributed by atoms with Crippen molar-refractivity contribution in [2.24, 2.45) is 0 Å². The molecular weight excluding hydrogens is 382 g/mol. The number of amides is 1. The number of para-hydroxylation sites is 2. The number of halogens is 1. The number of fused-ring (bicyclic) bond motifs is 1. The van der Waals surface area contributed by atoms with E-state index in [9.17, 15) is 4.79 Å². The Morgan fingerprint density at radius 1 is 1.26 bits per heavy atom. The standard InChI is InChI=1S/C20H22ClN3O2S/c1-23(10-11-26-16-7-5-6-15(21)12-16)20(25)13-24-18-9-4-3-8-17(18)22-19(24)14-27-2/h3-9,12H,10-11,13-14H2,1-2H3. The van der Waals surface area contributed by atoms with Crippen LogP contribution in [0.3, 0.4) is 0 Å². The maximum atomic E-state index is 12.7. The van der Waals surface area contributed by atoms with Gasteiger partial charge in [-0.25, -0.2) is 4.98 Å². The number of nitrogens with zero attached hydrogens (tertiary/aromatic N) is 3. The first-order valence-corrected chi connectivity index (χ1v) is 10.4. The van der Waals surface area contributed by atoms with Gasteiger partial charge < -0.3 is 14.2 Å². The van der Waals surface area contributed by atoms with Crippen LogP contribution in [-0.2, 0) is 17.1 Å². The predicted octanol–water partition coefficient (Wildman–Crippen LogP) is 4.09. The van der Waals surface area contributed by atoms with E-state index in [0.29, 0.717) is 23.9 Å². The summed E-state index contributed by atoms with van der Waals surface area (Å²) in [6.45, 7) is 1.17. The molecule has 0 radical (unpaired) electrons. The minimum Gasteiger partial charge on any atom is -0.492 e. The van der Waals surface area contributed by atoms with Gasteiger partial charge in [-0.3, -0.25) is 4.79 Å². The van der Waals surface area contributed by atoms with Gasteiger partial charge in [0.05, 0.1) is 23.3 Å². The van der Waals surface area contributed by atoms with Crippen molar-refractivity contribution in [3.05, 3.63) is 59.4 Å². The number of benzene rings is 2.